The lowest BCUT2D eigenvalue weighted by molar-refractivity contribution is -0.168. The molecule has 1 unspecified atom stereocenters. The van der Waals surface area contributed by atoms with Crippen LogP contribution in [0.3, 0.4) is 0 Å². The predicted octanol–water partition coefficient (Wildman–Crippen LogP) is 13.2. The fraction of sp³-hybridized carbons (Fsp3) is 0.909. The van der Waals surface area contributed by atoms with E-state index in [-0.39, 0.29) is 30.4 Å². The van der Waals surface area contributed by atoms with Gasteiger partial charge in [0.1, 0.15) is 5.78 Å². The first kappa shape index (κ1) is 49.5. The van der Waals surface area contributed by atoms with Crippen LogP contribution < -0.4 is 0 Å². The van der Waals surface area contributed by atoms with Gasteiger partial charge in [-0.15, -0.1) is 0 Å². The number of esters is 1. The van der Waals surface area contributed by atoms with Gasteiger partial charge in [0.15, 0.2) is 25.0 Å². The van der Waals surface area contributed by atoms with E-state index in [4.69, 9.17) is 22.8 Å². The van der Waals surface area contributed by atoms with Gasteiger partial charge in [-0.25, -0.2) is 4.79 Å². The van der Waals surface area contributed by atoms with Crippen molar-refractivity contribution < 1.29 is 32.3 Å². The van der Waals surface area contributed by atoms with E-state index in [1.807, 2.05) is 13.0 Å². The van der Waals surface area contributed by atoms with Crippen molar-refractivity contribution in [2.24, 2.45) is 0 Å². The molecule has 0 aromatic rings. The van der Waals surface area contributed by atoms with Gasteiger partial charge < -0.3 is 22.8 Å². The number of ketones is 1. The summed E-state index contributed by atoms with van der Waals surface area (Å²) >= 11 is 0. The van der Waals surface area contributed by atoms with E-state index in [0.717, 1.165) is 82.6 Å². The number of cyclic esters (lactones) is 1. The Morgan fingerprint density at radius 2 is 1.11 bits per heavy atom. The molecule has 0 N–H and O–H groups in total. The highest BCUT2D eigenvalue weighted by Gasteiger charge is 2.41. The van der Waals surface area contributed by atoms with Gasteiger partial charge in [-0.3, -0.25) is 4.79 Å². The van der Waals surface area contributed by atoms with Crippen LogP contribution in [0.1, 0.15) is 168 Å². The largest absolute Gasteiger partial charge is 0.427 e. The Kier molecular flexibility index (Phi) is 22.9. The maximum atomic E-state index is 12.9. The van der Waals surface area contributed by atoms with Gasteiger partial charge in [0.25, 0.3) is 0 Å². The van der Waals surface area contributed by atoms with Crippen molar-refractivity contribution in [2.75, 3.05) is 0 Å². The average molecular weight is 811 g/mol. The normalized spacial score (nSPS) is 22.1. The van der Waals surface area contributed by atoms with E-state index in [9.17, 15) is 9.59 Å². The number of carbonyl (C=O) groups is 2. The lowest BCUT2D eigenvalue weighted by Crippen LogP contribution is -2.42. The van der Waals surface area contributed by atoms with Crippen molar-refractivity contribution in [2.45, 2.75) is 257 Å². The molecule has 0 amide bonds. The van der Waals surface area contributed by atoms with Crippen LogP contribution in [0.4, 0.5) is 0 Å². The number of Topliss-reactive ketones (excluding diaryl/α,β-unsaturated/α-hetero) is 1. The molecule has 0 aromatic carbocycles. The van der Waals surface area contributed by atoms with Crippen LogP contribution in [0.15, 0.2) is 11.6 Å². The average Bonchev–Trinajstić information content (AvgIpc) is 3.64. The number of unbranched alkanes of at least 4 members (excludes halogenated alkanes) is 14. The Hall–Kier alpha value is -0.629. The van der Waals surface area contributed by atoms with E-state index >= 15 is 0 Å². The standard InChI is InChI=1S/C44H86O7Si3/c1-12-13-14-15-16-17-18-19-24-27-32-41(49-52(3,4)5)39-34-35-40(47-39)42(50-53(6,7)8)33-28-31-38(45)30-26-23-21-20-22-25-29-37-36-44(2,48-43(37)46)51-54(9,10)11/h36,39-42H,12-35H2,1-11H3/t39-,40-,41-,42-,44?/m1/s1. The SMILES string of the molecule is CCCCCCCCCCCC[C@@H](O[Si](C)(C)C)[C@H]1CC[C@H]([C@@H](CCCC(=O)CCCCCCCCC2=CC(C)(O[Si](C)(C)C)OC2=O)O[Si](C)(C)C)O1. The number of ether oxygens (including phenoxy) is 2. The summed E-state index contributed by atoms with van der Waals surface area (Å²) in [6.07, 6.45) is 29.2. The fourth-order valence-corrected chi connectivity index (χ4v) is 11.7. The third-order valence-electron chi connectivity index (χ3n) is 10.4. The van der Waals surface area contributed by atoms with Crippen molar-refractivity contribution in [3.8, 4) is 0 Å². The Morgan fingerprint density at radius 3 is 1.61 bits per heavy atom. The van der Waals surface area contributed by atoms with E-state index in [1.165, 1.54) is 64.2 Å². The smallest absolute Gasteiger partial charge is 0.336 e. The number of rotatable bonds is 32. The third kappa shape index (κ3) is 22.9. The lowest BCUT2D eigenvalue weighted by Gasteiger charge is -2.33. The Balaban J connectivity index is 1.69. The van der Waals surface area contributed by atoms with Crippen LogP contribution in [0.2, 0.25) is 58.9 Å². The Morgan fingerprint density at radius 1 is 0.667 bits per heavy atom. The number of hydrogen-bond donors (Lipinski definition) is 0. The monoisotopic (exact) mass is 811 g/mol. The predicted molar refractivity (Wildman–Crippen MR) is 234 cm³/mol. The zero-order valence-corrected chi connectivity index (χ0v) is 40.2. The molecule has 2 aliphatic rings. The first-order valence-corrected chi connectivity index (χ1v) is 32.7. The molecule has 0 radical (unpaired) electrons. The van der Waals surface area contributed by atoms with Gasteiger partial charge >= 0.3 is 5.97 Å². The molecule has 54 heavy (non-hydrogen) atoms. The van der Waals surface area contributed by atoms with Crippen molar-refractivity contribution >= 4 is 36.7 Å². The second kappa shape index (κ2) is 25.0. The van der Waals surface area contributed by atoms with Crippen molar-refractivity contribution in [3.05, 3.63) is 11.6 Å². The summed E-state index contributed by atoms with van der Waals surface area (Å²) < 4.78 is 32.0. The van der Waals surface area contributed by atoms with E-state index < -0.39 is 30.7 Å². The van der Waals surface area contributed by atoms with Gasteiger partial charge in [-0.05, 0) is 116 Å². The van der Waals surface area contributed by atoms with Gasteiger partial charge in [-0.2, -0.15) is 0 Å². The molecular weight excluding hydrogens is 725 g/mol. The minimum Gasteiger partial charge on any atom is -0.427 e. The zero-order valence-electron chi connectivity index (χ0n) is 37.2. The molecule has 1 saturated heterocycles. The third-order valence-corrected chi connectivity index (χ3v) is 13.4. The summed E-state index contributed by atoms with van der Waals surface area (Å²) in [5, 5.41) is 0. The first-order chi connectivity index (χ1) is 25.3. The van der Waals surface area contributed by atoms with Gasteiger partial charge in [0, 0.05) is 25.3 Å². The second-order valence-electron chi connectivity index (χ2n) is 19.6. The Labute approximate surface area is 336 Å². The minimum absolute atomic E-state index is 0.0581. The van der Waals surface area contributed by atoms with Crippen molar-refractivity contribution in [3.63, 3.8) is 0 Å². The van der Waals surface area contributed by atoms with Gasteiger partial charge in [-0.1, -0.05) is 96.8 Å². The second-order valence-corrected chi connectivity index (χ2v) is 33.0. The van der Waals surface area contributed by atoms with Gasteiger partial charge in [0.2, 0.25) is 5.79 Å². The number of hydrogen-bond acceptors (Lipinski definition) is 7. The maximum Gasteiger partial charge on any atom is 0.336 e. The van der Waals surface area contributed by atoms with Crippen LogP contribution in [-0.4, -0.2) is 66.9 Å². The molecule has 7 nitrogen and oxygen atoms in total. The molecule has 2 aliphatic heterocycles. The fourth-order valence-electron chi connectivity index (χ4n) is 8.08. The molecular formula is C44H86O7Si3. The quantitative estimate of drug-likeness (QED) is 0.0380. The topological polar surface area (TPSA) is 80.3 Å². The molecule has 10 heteroatoms. The molecule has 2 heterocycles. The van der Waals surface area contributed by atoms with E-state index in [1.54, 1.807) is 0 Å². The molecule has 0 aromatic heterocycles. The van der Waals surface area contributed by atoms with Crippen molar-refractivity contribution in [1.29, 1.82) is 0 Å². The summed E-state index contributed by atoms with van der Waals surface area (Å²) in [6, 6.07) is 0. The number of carbonyl (C=O) groups excluding carboxylic acids is 2. The molecule has 5 atom stereocenters. The summed E-state index contributed by atoms with van der Waals surface area (Å²) in [7, 11) is -5.32. The molecule has 0 spiro atoms. The van der Waals surface area contributed by atoms with E-state index in [0.29, 0.717) is 18.6 Å². The highest BCUT2D eigenvalue weighted by molar-refractivity contribution is 6.70. The zero-order chi connectivity index (χ0) is 40.3. The molecule has 2 rings (SSSR count). The molecule has 0 saturated carbocycles. The molecule has 1 fully saturated rings. The molecule has 0 bridgehead atoms. The van der Waals surface area contributed by atoms with Crippen LogP contribution in [-0.2, 0) is 32.3 Å². The maximum absolute atomic E-state index is 12.9. The summed E-state index contributed by atoms with van der Waals surface area (Å²) in [4.78, 5) is 25.2. The van der Waals surface area contributed by atoms with Crippen LogP contribution in [0.5, 0.6) is 0 Å². The minimum atomic E-state index is -1.83. The molecule has 0 aliphatic carbocycles. The molecule has 316 valence electrons. The summed E-state index contributed by atoms with van der Waals surface area (Å²) in [5.74, 6) is -0.762. The van der Waals surface area contributed by atoms with Crippen LogP contribution in [0.25, 0.3) is 0 Å². The lowest BCUT2D eigenvalue weighted by atomic mass is 9.99. The Bertz CT molecular complexity index is 1090. The highest BCUT2D eigenvalue weighted by Crippen LogP contribution is 2.34. The first-order valence-electron chi connectivity index (χ1n) is 22.5. The summed E-state index contributed by atoms with van der Waals surface area (Å²) in [6.45, 7) is 24.1. The van der Waals surface area contributed by atoms with Gasteiger partial charge in [0.05, 0.1) is 24.4 Å². The summed E-state index contributed by atoms with van der Waals surface area (Å²) in [5.41, 5.74) is 0.748. The highest BCUT2D eigenvalue weighted by atomic mass is 28.4. The van der Waals surface area contributed by atoms with Crippen molar-refractivity contribution in [1.82, 2.24) is 0 Å². The van der Waals surface area contributed by atoms with Crippen LogP contribution >= 0.6 is 0 Å². The van der Waals surface area contributed by atoms with Crippen LogP contribution in [0, 0.1) is 0 Å². The van der Waals surface area contributed by atoms with E-state index in [2.05, 4.69) is 65.8 Å².